The van der Waals surface area contributed by atoms with Crippen LogP contribution in [-0.4, -0.2) is 28.1 Å². The fourth-order valence-corrected chi connectivity index (χ4v) is 3.86. The first-order valence-electron chi connectivity index (χ1n) is 7.41. The Hall–Kier alpha value is -1.84. The highest BCUT2D eigenvalue weighted by Gasteiger charge is 2.29. The van der Waals surface area contributed by atoms with Gasteiger partial charge in [-0.15, -0.1) is 0 Å². The minimum Gasteiger partial charge on any atom is -0.506 e. The first-order valence-corrected chi connectivity index (χ1v) is 10.2. The molecule has 0 saturated carbocycles. The van der Waals surface area contributed by atoms with Gasteiger partial charge in [0.15, 0.2) is 5.17 Å². The van der Waals surface area contributed by atoms with Crippen LogP contribution in [0.25, 0.3) is 0 Å². The third kappa shape index (κ3) is 3.79. The summed E-state index contributed by atoms with van der Waals surface area (Å²) < 4.78 is 7.18. The molecule has 0 spiro atoms. The van der Waals surface area contributed by atoms with Crippen LogP contribution in [0.3, 0.4) is 0 Å². The van der Waals surface area contributed by atoms with Gasteiger partial charge in [-0.05, 0) is 40.4 Å². The molecule has 0 aromatic heterocycles. The summed E-state index contributed by atoms with van der Waals surface area (Å²) in [5.74, 6) is 0.0400. The fraction of sp³-hybridized carbons (Fsp3) is 0.118. The van der Waals surface area contributed by atoms with Gasteiger partial charge in [0, 0.05) is 15.7 Å². The van der Waals surface area contributed by atoms with Gasteiger partial charge in [0.2, 0.25) is 12.1 Å². The fourth-order valence-electron chi connectivity index (χ4n) is 2.43. The number of fused-ring (bicyclic) bond motifs is 1. The Morgan fingerprint density at radius 3 is 2.77 bits per heavy atom. The Morgan fingerprint density at radius 1 is 1.31 bits per heavy atom. The van der Waals surface area contributed by atoms with Crippen molar-refractivity contribution in [2.24, 2.45) is 4.99 Å². The molecule has 1 unspecified atom stereocenters. The van der Waals surface area contributed by atoms with Crippen LogP contribution in [0.5, 0.6) is 5.75 Å². The molecule has 0 amide bonds. The number of aromatic hydroxyl groups is 1. The maximum Gasteiger partial charge on any atom is 0.244 e. The number of thioether (sulfide) groups is 1. The number of halogens is 2. The highest BCUT2D eigenvalue weighted by molar-refractivity contribution is 9.11. The Balaban J connectivity index is 2.15. The summed E-state index contributed by atoms with van der Waals surface area (Å²) in [6.07, 6.45) is 0.939. The number of benzene rings is 2. The second kappa shape index (κ2) is 7.81. The molecule has 1 atom stereocenters. The molecule has 3 rings (SSSR count). The molecule has 0 radical (unpaired) electrons. The summed E-state index contributed by atoms with van der Waals surface area (Å²) in [7, 11) is 0. The Kier molecular flexibility index (Phi) is 5.69. The number of aliphatic imine (C=N–C) groups is 1. The van der Waals surface area contributed by atoms with Crippen LogP contribution in [0.1, 0.15) is 17.4 Å². The van der Waals surface area contributed by atoms with E-state index in [1.165, 1.54) is 0 Å². The first-order chi connectivity index (χ1) is 12.4. The van der Waals surface area contributed by atoms with Crippen LogP contribution in [0.4, 0.5) is 5.69 Å². The number of nitrogens with one attached hydrogen (secondary N) is 3. The SMILES string of the molecule is CSC(=N)N=C1OC(c2cc(Br)cc(Br)c2O)Nc2ccccc2C1=N. The predicted molar refractivity (Wildman–Crippen MR) is 113 cm³/mol. The number of hydrogen-bond acceptors (Lipinski definition) is 6. The van der Waals surface area contributed by atoms with Gasteiger partial charge in [-0.2, -0.15) is 4.99 Å². The molecular formula is C17H14Br2N4O2S. The van der Waals surface area contributed by atoms with E-state index in [1.807, 2.05) is 18.2 Å². The third-order valence-electron chi connectivity index (χ3n) is 3.66. The number of phenols is 1. The van der Waals surface area contributed by atoms with Crippen LogP contribution < -0.4 is 5.32 Å². The van der Waals surface area contributed by atoms with Crippen molar-refractivity contribution in [2.45, 2.75) is 6.23 Å². The highest BCUT2D eigenvalue weighted by atomic mass is 79.9. The van der Waals surface area contributed by atoms with Gasteiger partial charge in [-0.1, -0.05) is 45.9 Å². The van der Waals surface area contributed by atoms with Crippen LogP contribution in [0.15, 0.2) is 50.3 Å². The van der Waals surface area contributed by atoms with E-state index in [2.05, 4.69) is 42.2 Å². The normalized spacial score (nSPS) is 17.9. The molecule has 2 aromatic rings. The van der Waals surface area contributed by atoms with E-state index in [1.54, 1.807) is 24.5 Å². The van der Waals surface area contributed by atoms with Crippen molar-refractivity contribution < 1.29 is 9.84 Å². The van der Waals surface area contributed by atoms with E-state index < -0.39 is 6.23 Å². The summed E-state index contributed by atoms with van der Waals surface area (Å²) in [6, 6.07) is 10.7. The third-order valence-corrected chi connectivity index (χ3v) is 5.20. The molecule has 9 heteroatoms. The van der Waals surface area contributed by atoms with E-state index in [0.29, 0.717) is 21.3 Å². The minimum absolute atomic E-state index is 0.0160. The molecule has 6 nitrogen and oxygen atoms in total. The minimum atomic E-state index is -0.791. The number of rotatable bonds is 1. The number of hydrogen-bond donors (Lipinski definition) is 4. The zero-order valence-electron chi connectivity index (χ0n) is 13.5. The van der Waals surface area contributed by atoms with E-state index in [4.69, 9.17) is 15.6 Å². The quantitative estimate of drug-likeness (QED) is 0.324. The van der Waals surface area contributed by atoms with Gasteiger partial charge < -0.3 is 15.2 Å². The van der Waals surface area contributed by atoms with E-state index in [-0.39, 0.29) is 22.5 Å². The largest absolute Gasteiger partial charge is 0.506 e. The maximum atomic E-state index is 10.5. The standard InChI is InChI=1S/C17H14Br2N4O2S/c1-26-17(21)23-16-13(20)9-4-2-3-5-12(9)22-15(25-16)10-6-8(18)7-11(19)14(10)24/h2-7,15,20-22,24H,1H3. The number of phenolic OH excluding ortho intramolecular Hbond substituents is 1. The summed E-state index contributed by atoms with van der Waals surface area (Å²) in [6.45, 7) is 0. The van der Waals surface area contributed by atoms with Crippen molar-refractivity contribution >= 4 is 66.1 Å². The lowest BCUT2D eigenvalue weighted by Gasteiger charge is -2.21. The van der Waals surface area contributed by atoms with Gasteiger partial charge in [-0.3, -0.25) is 10.8 Å². The van der Waals surface area contributed by atoms with Crippen molar-refractivity contribution in [3.05, 3.63) is 56.5 Å². The van der Waals surface area contributed by atoms with Crippen LogP contribution in [0.2, 0.25) is 0 Å². The second-order valence-corrected chi connectivity index (χ2v) is 7.88. The van der Waals surface area contributed by atoms with Crippen molar-refractivity contribution in [1.82, 2.24) is 0 Å². The van der Waals surface area contributed by atoms with Crippen molar-refractivity contribution in [3.63, 3.8) is 0 Å². The summed E-state index contributed by atoms with van der Waals surface area (Å²) in [4.78, 5) is 4.12. The molecule has 0 fully saturated rings. The zero-order chi connectivity index (χ0) is 18.8. The molecule has 0 aliphatic carbocycles. The molecule has 2 aromatic carbocycles. The molecule has 4 N–H and O–H groups in total. The lowest BCUT2D eigenvalue weighted by molar-refractivity contribution is 0.223. The first kappa shape index (κ1) is 18.9. The Bertz CT molecular complexity index is 933. The Morgan fingerprint density at radius 2 is 2.04 bits per heavy atom. The molecule has 1 aliphatic rings. The van der Waals surface area contributed by atoms with Crippen molar-refractivity contribution in [3.8, 4) is 5.75 Å². The monoisotopic (exact) mass is 496 g/mol. The number of ether oxygens (including phenoxy) is 1. The zero-order valence-corrected chi connectivity index (χ0v) is 17.5. The van der Waals surface area contributed by atoms with Crippen LogP contribution in [0, 0.1) is 10.8 Å². The highest BCUT2D eigenvalue weighted by Crippen LogP contribution is 2.38. The lowest BCUT2D eigenvalue weighted by atomic mass is 10.1. The summed E-state index contributed by atoms with van der Waals surface area (Å²) in [5.41, 5.74) is 1.83. The summed E-state index contributed by atoms with van der Waals surface area (Å²) in [5, 5.41) is 30.0. The second-order valence-electron chi connectivity index (χ2n) is 5.31. The van der Waals surface area contributed by atoms with Gasteiger partial charge in [0.1, 0.15) is 11.5 Å². The smallest absolute Gasteiger partial charge is 0.244 e. The molecule has 26 heavy (non-hydrogen) atoms. The van der Waals surface area contributed by atoms with E-state index >= 15 is 0 Å². The summed E-state index contributed by atoms with van der Waals surface area (Å²) >= 11 is 7.88. The topological polar surface area (TPSA) is 102 Å². The molecule has 134 valence electrons. The average molecular weight is 498 g/mol. The number of nitrogens with zero attached hydrogens (tertiary/aromatic N) is 1. The van der Waals surface area contributed by atoms with E-state index in [9.17, 15) is 5.11 Å². The van der Waals surface area contributed by atoms with Crippen molar-refractivity contribution in [2.75, 3.05) is 11.6 Å². The number of amidine groups is 1. The number of para-hydroxylation sites is 1. The molecule has 0 bridgehead atoms. The lowest BCUT2D eigenvalue weighted by Crippen LogP contribution is -2.21. The van der Waals surface area contributed by atoms with Crippen LogP contribution in [-0.2, 0) is 4.74 Å². The molecule has 1 aliphatic heterocycles. The van der Waals surface area contributed by atoms with Gasteiger partial charge in [0.05, 0.1) is 10.0 Å². The predicted octanol–water partition coefficient (Wildman–Crippen LogP) is 5.12. The Labute approximate surface area is 171 Å². The van der Waals surface area contributed by atoms with Crippen LogP contribution >= 0.6 is 43.6 Å². The van der Waals surface area contributed by atoms with Crippen molar-refractivity contribution in [1.29, 1.82) is 10.8 Å². The molecule has 1 heterocycles. The van der Waals surface area contributed by atoms with Gasteiger partial charge >= 0.3 is 0 Å². The number of anilines is 1. The molecule has 0 saturated heterocycles. The van der Waals surface area contributed by atoms with E-state index in [0.717, 1.165) is 16.2 Å². The van der Waals surface area contributed by atoms with Gasteiger partial charge in [-0.25, -0.2) is 0 Å². The maximum absolute atomic E-state index is 10.5. The van der Waals surface area contributed by atoms with Gasteiger partial charge in [0.25, 0.3) is 0 Å². The average Bonchev–Trinajstić information content (AvgIpc) is 2.75. The molecular weight excluding hydrogens is 484 g/mol.